The van der Waals surface area contributed by atoms with Gasteiger partial charge in [0.15, 0.2) is 0 Å². The molecule has 0 aromatic heterocycles. The molecule has 0 aliphatic carbocycles. The first-order valence-corrected chi connectivity index (χ1v) is 8.92. The van der Waals surface area contributed by atoms with Crippen LogP contribution in [0.15, 0.2) is 24.3 Å². The maximum absolute atomic E-state index is 12.4. The first-order valence-electron chi connectivity index (χ1n) is 8.92. The van der Waals surface area contributed by atoms with Crippen molar-refractivity contribution in [3.8, 4) is 5.75 Å². The number of amides is 4. The third-order valence-electron chi connectivity index (χ3n) is 4.31. The number of nitrogens with one attached hydrogen (secondary N) is 2. The molecular weight excluding hydrogens is 334 g/mol. The van der Waals surface area contributed by atoms with E-state index in [2.05, 4.69) is 24.5 Å². The first-order chi connectivity index (χ1) is 12.4. The summed E-state index contributed by atoms with van der Waals surface area (Å²) in [5.41, 5.74) is 0.835. The molecule has 7 nitrogen and oxygen atoms in total. The van der Waals surface area contributed by atoms with E-state index in [1.54, 1.807) is 19.2 Å². The minimum atomic E-state index is -0.642. The van der Waals surface area contributed by atoms with Gasteiger partial charge in [-0.3, -0.25) is 14.5 Å². The summed E-state index contributed by atoms with van der Waals surface area (Å²) in [6, 6.07) is 6.14. The lowest BCUT2D eigenvalue weighted by Gasteiger charge is -2.13. The van der Waals surface area contributed by atoms with Crippen LogP contribution in [0.4, 0.5) is 4.79 Å². The first kappa shape index (κ1) is 19.8. The Morgan fingerprint density at radius 2 is 1.96 bits per heavy atom. The van der Waals surface area contributed by atoms with E-state index in [9.17, 15) is 14.4 Å². The van der Waals surface area contributed by atoms with E-state index in [0.29, 0.717) is 24.6 Å². The zero-order valence-corrected chi connectivity index (χ0v) is 15.6. The molecule has 0 saturated carbocycles. The van der Waals surface area contributed by atoms with Gasteiger partial charge in [0.25, 0.3) is 5.91 Å². The summed E-state index contributed by atoms with van der Waals surface area (Å²) in [5.74, 6) is 0.854. The topological polar surface area (TPSA) is 87.7 Å². The van der Waals surface area contributed by atoms with Crippen molar-refractivity contribution in [3.63, 3.8) is 0 Å². The monoisotopic (exact) mass is 361 g/mol. The van der Waals surface area contributed by atoms with Crippen molar-refractivity contribution in [1.82, 2.24) is 15.5 Å². The van der Waals surface area contributed by atoms with Gasteiger partial charge in [-0.1, -0.05) is 26.0 Å². The number of rotatable bonds is 9. The number of carbonyl (C=O) groups excluding carboxylic acids is 3. The van der Waals surface area contributed by atoms with Crippen LogP contribution in [0.2, 0.25) is 0 Å². The lowest BCUT2D eigenvalue weighted by molar-refractivity contribution is -0.128. The van der Waals surface area contributed by atoms with Crippen molar-refractivity contribution in [2.75, 3.05) is 13.7 Å². The predicted molar refractivity (Wildman–Crippen MR) is 97.6 cm³/mol. The van der Waals surface area contributed by atoms with E-state index in [-0.39, 0.29) is 24.8 Å². The molecule has 1 atom stereocenters. The quantitative estimate of drug-likeness (QED) is 0.659. The van der Waals surface area contributed by atoms with Crippen LogP contribution in [-0.2, 0) is 16.1 Å². The zero-order valence-electron chi connectivity index (χ0n) is 15.6. The molecule has 1 aliphatic rings. The molecule has 26 heavy (non-hydrogen) atoms. The number of imide groups is 1. The summed E-state index contributed by atoms with van der Waals surface area (Å²) >= 11 is 0. The summed E-state index contributed by atoms with van der Waals surface area (Å²) in [5, 5.41) is 5.50. The zero-order chi connectivity index (χ0) is 19.1. The van der Waals surface area contributed by atoms with Crippen molar-refractivity contribution in [2.45, 2.75) is 45.7 Å². The van der Waals surface area contributed by atoms with E-state index in [1.165, 1.54) is 4.90 Å². The molecule has 0 radical (unpaired) electrons. The van der Waals surface area contributed by atoms with Gasteiger partial charge in [-0.2, -0.15) is 0 Å². The maximum Gasteiger partial charge on any atom is 0.325 e. The van der Waals surface area contributed by atoms with Gasteiger partial charge in [0.1, 0.15) is 11.8 Å². The highest BCUT2D eigenvalue weighted by atomic mass is 16.5. The Morgan fingerprint density at radius 1 is 1.27 bits per heavy atom. The molecule has 1 fully saturated rings. The fraction of sp³-hybridized carbons (Fsp3) is 0.526. The van der Waals surface area contributed by atoms with Crippen molar-refractivity contribution < 1.29 is 19.1 Å². The van der Waals surface area contributed by atoms with E-state index < -0.39 is 12.1 Å². The fourth-order valence-electron chi connectivity index (χ4n) is 2.70. The lowest BCUT2D eigenvalue weighted by atomic mass is 10.1. The van der Waals surface area contributed by atoms with Crippen molar-refractivity contribution in [1.29, 1.82) is 0 Å². The molecule has 142 valence electrons. The SMILES string of the molecule is COc1ccc(CN2C(=O)N[C@@H](CCC(=O)NCCC(C)C)C2=O)cc1. The van der Waals surface area contributed by atoms with E-state index in [4.69, 9.17) is 4.74 Å². The second kappa shape index (κ2) is 9.22. The molecule has 4 amide bonds. The number of methoxy groups -OCH3 is 1. The highest BCUT2D eigenvalue weighted by molar-refractivity contribution is 6.04. The average Bonchev–Trinajstić information content (AvgIpc) is 2.88. The van der Waals surface area contributed by atoms with Gasteiger partial charge in [-0.25, -0.2) is 4.79 Å². The van der Waals surface area contributed by atoms with Crippen LogP contribution in [0.5, 0.6) is 5.75 Å². The highest BCUT2D eigenvalue weighted by Gasteiger charge is 2.37. The number of nitrogens with zero attached hydrogens (tertiary/aromatic N) is 1. The minimum absolute atomic E-state index is 0.0960. The summed E-state index contributed by atoms with van der Waals surface area (Å²) in [6.45, 7) is 5.02. The van der Waals surface area contributed by atoms with Crippen LogP contribution < -0.4 is 15.4 Å². The van der Waals surface area contributed by atoms with E-state index in [1.807, 2.05) is 12.1 Å². The minimum Gasteiger partial charge on any atom is -0.497 e. The number of urea groups is 1. The van der Waals surface area contributed by atoms with Gasteiger partial charge < -0.3 is 15.4 Å². The molecule has 1 aromatic rings. The molecule has 0 spiro atoms. The van der Waals surface area contributed by atoms with Gasteiger partial charge in [-0.15, -0.1) is 0 Å². The Bertz CT molecular complexity index is 643. The molecule has 0 bridgehead atoms. The number of benzene rings is 1. The smallest absolute Gasteiger partial charge is 0.325 e. The van der Waals surface area contributed by atoms with Gasteiger partial charge in [-0.05, 0) is 36.5 Å². The second-order valence-electron chi connectivity index (χ2n) is 6.85. The Hall–Kier alpha value is -2.57. The second-order valence-corrected chi connectivity index (χ2v) is 6.85. The van der Waals surface area contributed by atoms with Crippen molar-refractivity contribution in [3.05, 3.63) is 29.8 Å². The number of hydrogen-bond acceptors (Lipinski definition) is 4. The van der Waals surface area contributed by atoms with Crippen LogP contribution >= 0.6 is 0 Å². The van der Waals surface area contributed by atoms with E-state index >= 15 is 0 Å². The van der Waals surface area contributed by atoms with Crippen LogP contribution in [0.3, 0.4) is 0 Å². The van der Waals surface area contributed by atoms with Gasteiger partial charge >= 0.3 is 6.03 Å². The normalized spacial score (nSPS) is 16.8. The molecule has 1 heterocycles. The van der Waals surface area contributed by atoms with Crippen molar-refractivity contribution >= 4 is 17.8 Å². The third kappa shape index (κ3) is 5.47. The Balaban J connectivity index is 1.82. The molecule has 2 rings (SSSR count). The molecule has 2 N–H and O–H groups in total. The Labute approximate surface area is 154 Å². The number of hydrogen-bond donors (Lipinski definition) is 2. The molecule has 0 unspecified atom stereocenters. The third-order valence-corrected chi connectivity index (χ3v) is 4.31. The molecule has 1 saturated heterocycles. The average molecular weight is 361 g/mol. The molecule has 1 aromatic carbocycles. The van der Waals surface area contributed by atoms with Crippen LogP contribution in [0.1, 0.15) is 38.7 Å². The van der Waals surface area contributed by atoms with Crippen LogP contribution in [0, 0.1) is 5.92 Å². The summed E-state index contributed by atoms with van der Waals surface area (Å²) in [7, 11) is 1.58. The van der Waals surface area contributed by atoms with Crippen molar-refractivity contribution in [2.24, 2.45) is 5.92 Å². The Morgan fingerprint density at radius 3 is 2.58 bits per heavy atom. The van der Waals surface area contributed by atoms with Crippen LogP contribution in [-0.4, -0.2) is 42.4 Å². The standard InChI is InChI=1S/C19H27N3O4/c1-13(2)10-11-20-17(23)9-8-16-18(24)22(19(25)21-16)12-14-4-6-15(26-3)7-5-14/h4-7,13,16H,8-12H2,1-3H3,(H,20,23)(H,21,25)/t16-/m0/s1. The largest absolute Gasteiger partial charge is 0.497 e. The lowest BCUT2D eigenvalue weighted by Crippen LogP contribution is -2.32. The highest BCUT2D eigenvalue weighted by Crippen LogP contribution is 2.17. The Kier molecular flexibility index (Phi) is 7.00. The van der Waals surface area contributed by atoms with Crippen LogP contribution in [0.25, 0.3) is 0 Å². The van der Waals surface area contributed by atoms with Gasteiger partial charge in [0.05, 0.1) is 13.7 Å². The van der Waals surface area contributed by atoms with Gasteiger partial charge in [0, 0.05) is 13.0 Å². The molecule has 7 heteroatoms. The molecular formula is C19H27N3O4. The number of ether oxygens (including phenoxy) is 1. The number of carbonyl (C=O) groups is 3. The summed E-state index contributed by atoms with van der Waals surface area (Å²) in [6.07, 6.45) is 1.43. The van der Waals surface area contributed by atoms with Gasteiger partial charge in [0.2, 0.25) is 5.91 Å². The summed E-state index contributed by atoms with van der Waals surface area (Å²) < 4.78 is 5.10. The van der Waals surface area contributed by atoms with E-state index in [0.717, 1.165) is 12.0 Å². The maximum atomic E-state index is 12.4. The molecule has 1 aliphatic heterocycles. The predicted octanol–water partition coefficient (Wildman–Crippen LogP) is 2.06. The fourth-order valence-corrected chi connectivity index (χ4v) is 2.70. The summed E-state index contributed by atoms with van der Waals surface area (Å²) in [4.78, 5) is 37.6.